The molecule has 2 heterocycles. The number of amides is 1. The molecule has 6 nitrogen and oxygen atoms in total. The molecule has 0 atom stereocenters. The van der Waals surface area contributed by atoms with Gasteiger partial charge >= 0.3 is 12.3 Å². The zero-order chi connectivity index (χ0) is 17.3. The summed E-state index contributed by atoms with van der Waals surface area (Å²) >= 11 is 0. The number of rotatable bonds is 2. The van der Waals surface area contributed by atoms with E-state index >= 15 is 0 Å². The lowest BCUT2D eigenvalue weighted by molar-refractivity contribution is -0.137. The van der Waals surface area contributed by atoms with Crippen LogP contribution in [0.1, 0.15) is 11.1 Å². The lowest BCUT2D eigenvalue weighted by Gasteiger charge is -2.31. The topological polar surface area (TPSA) is 71.0 Å². The van der Waals surface area contributed by atoms with E-state index in [2.05, 4.69) is 10.5 Å². The van der Waals surface area contributed by atoms with Crippen molar-refractivity contribution in [1.82, 2.24) is 5.43 Å². The normalized spacial score (nSPS) is 19.5. The second-order valence-corrected chi connectivity index (χ2v) is 7.01. The number of cyclic esters (lactones) is 1. The quantitative estimate of drug-likeness (QED) is 0.871. The second-order valence-electron chi connectivity index (χ2n) is 5.31. The standard InChI is InChI=1S/C14H14F3N3O3S/c15-14(16,17)10-7-9(11-8-23-13(21)19-18-11)1-2-12(10)20-3-5-24(22)6-4-20/h1-2,7H,3-6,8H2,(H,19,21). The Hall–Kier alpha value is -2.10. The number of ether oxygens (including phenoxy) is 1. The summed E-state index contributed by atoms with van der Waals surface area (Å²) in [6.07, 6.45) is -5.28. The summed E-state index contributed by atoms with van der Waals surface area (Å²) < 4.78 is 56.5. The Morgan fingerprint density at radius 3 is 2.54 bits per heavy atom. The molecule has 2 aliphatic rings. The highest BCUT2D eigenvalue weighted by Crippen LogP contribution is 2.37. The first kappa shape index (κ1) is 16.7. The van der Waals surface area contributed by atoms with Crippen molar-refractivity contribution in [2.75, 3.05) is 36.1 Å². The van der Waals surface area contributed by atoms with E-state index in [4.69, 9.17) is 4.74 Å². The highest BCUT2D eigenvalue weighted by Gasteiger charge is 2.36. The summed E-state index contributed by atoms with van der Waals surface area (Å²) in [4.78, 5) is 12.5. The van der Waals surface area contributed by atoms with Gasteiger partial charge in [-0.3, -0.25) is 4.21 Å². The number of hydrogen-bond acceptors (Lipinski definition) is 5. The average Bonchev–Trinajstić information content (AvgIpc) is 2.55. The van der Waals surface area contributed by atoms with E-state index in [1.807, 2.05) is 0 Å². The molecule has 10 heteroatoms. The second kappa shape index (κ2) is 6.42. The third-order valence-corrected chi connectivity index (χ3v) is 5.05. The SMILES string of the molecule is O=C1NN=C(c2ccc(N3CCS(=O)CC3)c(C(F)(F)F)c2)CO1. The molecular weight excluding hydrogens is 347 g/mol. The number of nitrogens with zero attached hydrogens (tertiary/aromatic N) is 2. The fourth-order valence-corrected chi connectivity index (χ4v) is 3.61. The first-order valence-electron chi connectivity index (χ1n) is 7.15. The van der Waals surface area contributed by atoms with Crippen molar-refractivity contribution in [3.63, 3.8) is 0 Å². The van der Waals surface area contributed by atoms with Crippen LogP contribution in [-0.2, 0) is 21.7 Å². The van der Waals surface area contributed by atoms with Gasteiger partial charge in [-0.05, 0) is 12.1 Å². The van der Waals surface area contributed by atoms with Crippen LogP contribution in [-0.4, -0.2) is 47.2 Å². The predicted molar refractivity (Wildman–Crippen MR) is 82.6 cm³/mol. The molecule has 0 spiro atoms. The minimum absolute atomic E-state index is 0.0595. The van der Waals surface area contributed by atoms with Crippen molar-refractivity contribution in [2.24, 2.45) is 5.10 Å². The Labute approximate surface area is 138 Å². The van der Waals surface area contributed by atoms with Crippen LogP contribution in [0.15, 0.2) is 23.3 Å². The average molecular weight is 361 g/mol. The highest BCUT2D eigenvalue weighted by atomic mass is 32.2. The maximum atomic E-state index is 13.5. The van der Waals surface area contributed by atoms with Gasteiger partial charge in [0, 0.05) is 46.6 Å². The molecule has 0 aromatic heterocycles. The van der Waals surface area contributed by atoms with Crippen LogP contribution in [0.3, 0.4) is 0 Å². The van der Waals surface area contributed by atoms with Gasteiger partial charge in [0.05, 0.1) is 5.56 Å². The van der Waals surface area contributed by atoms with Gasteiger partial charge in [-0.1, -0.05) is 6.07 Å². The van der Waals surface area contributed by atoms with E-state index in [-0.39, 0.29) is 23.6 Å². The first-order chi connectivity index (χ1) is 11.3. The lowest BCUT2D eigenvalue weighted by Crippen LogP contribution is -2.39. The summed E-state index contributed by atoms with van der Waals surface area (Å²) in [6, 6.07) is 3.89. The summed E-state index contributed by atoms with van der Waals surface area (Å²) in [6.45, 7) is 0.440. The van der Waals surface area contributed by atoms with Crippen molar-refractivity contribution >= 4 is 28.3 Å². The fraction of sp³-hybridized carbons (Fsp3) is 0.429. The van der Waals surface area contributed by atoms with Crippen LogP contribution in [0.2, 0.25) is 0 Å². The van der Waals surface area contributed by atoms with E-state index < -0.39 is 28.6 Å². The number of benzene rings is 1. The summed E-state index contributed by atoms with van der Waals surface area (Å²) in [5, 5.41) is 3.73. The van der Waals surface area contributed by atoms with E-state index in [1.165, 1.54) is 12.1 Å². The number of carbonyl (C=O) groups is 1. The minimum atomic E-state index is -4.54. The third kappa shape index (κ3) is 3.53. The number of hydrazone groups is 1. The highest BCUT2D eigenvalue weighted by molar-refractivity contribution is 7.85. The number of carbonyl (C=O) groups excluding carboxylic acids is 1. The smallest absolute Gasteiger partial charge is 0.428 e. The largest absolute Gasteiger partial charge is 0.442 e. The fourth-order valence-electron chi connectivity index (χ4n) is 2.56. The van der Waals surface area contributed by atoms with Crippen LogP contribution < -0.4 is 10.3 Å². The van der Waals surface area contributed by atoms with Gasteiger partial charge < -0.3 is 9.64 Å². The number of halogens is 3. The molecule has 0 saturated carbocycles. The van der Waals surface area contributed by atoms with Crippen LogP contribution in [0.5, 0.6) is 0 Å². The Morgan fingerprint density at radius 2 is 1.96 bits per heavy atom. The number of alkyl halides is 3. The molecule has 0 bridgehead atoms. The van der Waals surface area contributed by atoms with E-state index in [0.29, 0.717) is 24.6 Å². The van der Waals surface area contributed by atoms with Crippen molar-refractivity contribution < 1.29 is 26.9 Å². The molecule has 2 aliphatic heterocycles. The van der Waals surface area contributed by atoms with Gasteiger partial charge in [0.15, 0.2) is 0 Å². The van der Waals surface area contributed by atoms with Gasteiger partial charge in [-0.2, -0.15) is 18.3 Å². The first-order valence-corrected chi connectivity index (χ1v) is 8.64. The molecule has 1 amide bonds. The van der Waals surface area contributed by atoms with Crippen molar-refractivity contribution in [3.05, 3.63) is 29.3 Å². The van der Waals surface area contributed by atoms with Crippen LogP contribution in [0.25, 0.3) is 0 Å². The van der Waals surface area contributed by atoms with Crippen LogP contribution in [0.4, 0.5) is 23.7 Å². The molecule has 1 fully saturated rings. The van der Waals surface area contributed by atoms with Gasteiger partial charge in [0.25, 0.3) is 0 Å². The van der Waals surface area contributed by atoms with E-state index in [0.717, 1.165) is 6.07 Å². The van der Waals surface area contributed by atoms with Crippen molar-refractivity contribution in [1.29, 1.82) is 0 Å². The molecule has 1 aromatic carbocycles. The summed E-state index contributed by atoms with van der Waals surface area (Å²) in [5.41, 5.74) is 1.79. The summed E-state index contributed by atoms with van der Waals surface area (Å²) in [7, 11) is -0.973. The summed E-state index contributed by atoms with van der Waals surface area (Å²) in [5.74, 6) is 0.706. The number of anilines is 1. The molecule has 1 saturated heterocycles. The third-order valence-electron chi connectivity index (χ3n) is 3.78. The monoisotopic (exact) mass is 361 g/mol. The van der Waals surface area contributed by atoms with Crippen LogP contribution >= 0.6 is 0 Å². The maximum absolute atomic E-state index is 13.5. The minimum Gasteiger partial charge on any atom is -0.442 e. The van der Waals surface area contributed by atoms with Crippen LogP contribution in [0, 0.1) is 0 Å². The van der Waals surface area contributed by atoms with Gasteiger partial charge in [0.1, 0.15) is 12.3 Å². The maximum Gasteiger partial charge on any atom is 0.428 e. The zero-order valence-electron chi connectivity index (χ0n) is 12.4. The zero-order valence-corrected chi connectivity index (χ0v) is 13.2. The number of hydrogen-bond donors (Lipinski definition) is 1. The molecule has 0 radical (unpaired) electrons. The van der Waals surface area contributed by atoms with E-state index in [1.54, 1.807) is 4.90 Å². The Kier molecular flexibility index (Phi) is 4.48. The van der Waals surface area contributed by atoms with Gasteiger partial charge in [-0.25, -0.2) is 10.2 Å². The molecule has 1 N–H and O–H groups in total. The predicted octanol–water partition coefficient (Wildman–Crippen LogP) is 1.72. The Bertz CT molecular complexity index is 711. The molecule has 0 unspecified atom stereocenters. The number of nitrogens with one attached hydrogen (secondary N) is 1. The van der Waals surface area contributed by atoms with E-state index in [9.17, 15) is 22.2 Å². The molecule has 3 rings (SSSR count). The van der Waals surface area contributed by atoms with Gasteiger partial charge in [0.2, 0.25) is 0 Å². The van der Waals surface area contributed by atoms with Gasteiger partial charge in [-0.15, -0.1) is 0 Å². The lowest BCUT2D eigenvalue weighted by atomic mass is 10.0. The molecule has 0 aliphatic carbocycles. The van der Waals surface area contributed by atoms with Crippen molar-refractivity contribution in [2.45, 2.75) is 6.18 Å². The Balaban J connectivity index is 1.95. The Morgan fingerprint density at radius 1 is 1.25 bits per heavy atom. The molecule has 24 heavy (non-hydrogen) atoms. The molecule has 130 valence electrons. The molecule has 1 aromatic rings. The molecular formula is C14H14F3N3O3S. The van der Waals surface area contributed by atoms with Crippen molar-refractivity contribution in [3.8, 4) is 0 Å².